The van der Waals surface area contributed by atoms with E-state index < -0.39 is 10.8 Å². The van der Waals surface area contributed by atoms with Crippen molar-refractivity contribution in [2.75, 3.05) is 5.75 Å². The third kappa shape index (κ3) is 2.71. The van der Waals surface area contributed by atoms with Gasteiger partial charge in [0.15, 0.2) is 4.34 Å². The molecular formula is C7H11NOS2. The van der Waals surface area contributed by atoms with E-state index in [0.717, 1.165) is 22.9 Å². The molecule has 1 aromatic rings. The maximum Gasteiger partial charge on any atom is 0.180 e. The van der Waals surface area contributed by atoms with E-state index in [4.69, 9.17) is 0 Å². The minimum absolute atomic E-state index is 0.754. The number of aromatic nitrogens is 1. The van der Waals surface area contributed by atoms with Crippen LogP contribution in [0, 0.1) is 0 Å². The SMILES string of the molecule is CCCCS(=O)c1nccs1. The lowest BCUT2D eigenvalue weighted by atomic mass is 10.4. The van der Waals surface area contributed by atoms with Gasteiger partial charge in [-0.1, -0.05) is 13.3 Å². The third-order valence-corrected chi connectivity index (χ3v) is 3.85. The Morgan fingerprint density at radius 2 is 2.55 bits per heavy atom. The summed E-state index contributed by atoms with van der Waals surface area (Å²) in [5.41, 5.74) is 0. The number of unbranched alkanes of at least 4 members (excludes halogenated alkanes) is 1. The van der Waals surface area contributed by atoms with Crippen molar-refractivity contribution in [2.45, 2.75) is 24.1 Å². The fraction of sp³-hybridized carbons (Fsp3) is 0.571. The molecule has 0 fully saturated rings. The zero-order chi connectivity index (χ0) is 8.10. The Morgan fingerprint density at radius 1 is 1.73 bits per heavy atom. The van der Waals surface area contributed by atoms with Gasteiger partial charge in [-0.2, -0.15) is 0 Å². The first-order chi connectivity index (χ1) is 5.34. The highest BCUT2D eigenvalue weighted by Crippen LogP contribution is 2.10. The molecule has 0 radical (unpaired) electrons. The minimum Gasteiger partial charge on any atom is -0.252 e. The normalized spacial score (nSPS) is 13.2. The Bertz CT molecular complexity index is 220. The van der Waals surface area contributed by atoms with Gasteiger partial charge < -0.3 is 0 Å². The Labute approximate surface area is 73.1 Å². The van der Waals surface area contributed by atoms with Gasteiger partial charge in [0.25, 0.3) is 0 Å². The van der Waals surface area contributed by atoms with Gasteiger partial charge in [0, 0.05) is 17.3 Å². The van der Waals surface area contributed by atoms with Crippen LogP contribution in [-0.2, 0) is 10.8 Å². The molecule has 0 aliphatic heterocycles. The molecular weight excluding hydrogens is 178 g/mol. The molecule has 11 heavy (non-hydrogen) atoms. The fourth-order valence-corrected chi connectivity index (χ4v) is 2.80. The summed E-state index contributed by atoms with van der Waals surface area (Å²) < 4.78 is 12.1. The van der Waals surface area contributed by atoms with Crippen LogP contribution in [0.15, 0.2) is 15.9 Å². The molecule has 1 rings (SSSR count). The lowest BCUT2D eigenvalue weighted by molar-refractivity contribution is 0.679. The molecule has 62 valence electrons. The molecule has 1 heterocycles. The molecule has 0 saturated heterocycles. The maximum atomic E-state index is 11.3. The van der Waals surface area contributed by atoms with Crippen LogP contribution in [0.5, 0.6) is 0 Å². The summed E-state index contributed by atoms with van der Waals surface area (Å²) >= 11 is 1.47. The predicted octanol–water partition coefficient (Wildman–Crippen LogP) is 2.05. The smallest absolute Gasteiger partial charge is 0.180 e. The molecule has 0 bridgehead atoms. The van der Waals surface area contributed by atoms with Crippen LogP contribution in [0.3, 0.4) is 0 Å². The molecule has 1 aromatic heterocycles. The van der Waals surface area contributed by atoms with Crippen molar-refractivity contribution in [3.63, 3.8) is 0 Å². The summed E-state index contributed by atoms with van der Waals surface area (Å²) in [4.78, 5) is 3.99. The lowest BCUT2D eigenvalue weighted by Gasteiger charge is -1.93. The van der Waals surface area contributed by atoms with Gasteiger partial charge in [0.1, 0.15) is 0 Å². The lowest BCUT2D eigenvalue weighted by Crippen LogP contribution is -1.96. The van der Waals surface area contributed by atoms with Crippen molar-refractivity contribution in [3.05, 3.63) is 11.6 Å². The molecule has 1 unspecified atom stereocenters. The van der Waals surface area contributed by atoms with E-state index in [1.807, 2.05) is 5.38 Å². The van der Waals surface area contributed by atoms with Crippen LogP contribution in [0.4, 0.5) is 0 Å². The molecule has 0 aliphatic rings. The predicted molar refractivity (Wildman–Crippen MR) is 48.3 cm³/mol. The fourth-order valence-electron chi connectivity index (χ4n) is 0.686. The van der Waals surface area contributed by atoms with Crippen molar-refractivity contribution >= 4 is 22.1 Å². The van der Waals surface area contributed by atoms with E-state index in [-0.39, 0.29) is 0 Å². The molecule has 2 nitrogen and oxygen atoms in total. The second-order valence-electron chi connectivity index (χ2n) is 2.20. The number of nitrogens with zero attached hydrogens (tertiary/aromatic N) is 1. The Balaban J connectivity index is 2.43. The van der Waals surface area contributed by atoms with E-state index in [9.17, 15) is 4.21 Å². The summed E-state index contributed by atoms with van der Waals surface area (Å²) in [7, 11) is -0.845. The van der Waals surface area contributed by atoms with E-state index in [1.165, 1.54) is 11.3 Å². The summed E-state index contributed by atoms with van der Waals surface area (Å²) in [6, 6.07) is 0. The number of rotatable bonds is 4. The van der Waals surface area contributed by atoms with E-state index in [1.54, 1.807) is 6.20 Å². The van der Waals surface area contributed by atoms with Crippen molar-refractivity contribution < 1.29 is 4.21 Å². The highest BCUT2D eigenvalue weighted by Gasteiger charge is 2.04. The standard InChI is InChI=1S/C7H11NOS2/c1-2-3-6-11(9)7-8-4-5-10-7/h4-5H,2-3,6H2,1H3. The molecule has 0 saturated carbocycles. The molecule has 0 N–H and O–H groups in total. The summed E-state index contributed by atoms with van der Waals surface area (Å²) in [6.45, 7) is 2.10. The molecule has 0 aliphatic carbocycles. The van der Waals surface area contributed by atoms with E-state index >= 15 is 0 Å². The average molecular weight is 189 g/mol. The zero-order valence-electron chi connectivity index (χ0n) is 6.45. The molecule has 0 spiro atoms. The largest absolute Gasteiger partial charge is 0.252 e. The van der Waals surface area contributed by atoms with E-state index in [0.29, 0.717) is 0 Å². The van der Waals surface area contributed by atoms with Crippen LogP contribution in [-0.4, -0.2) is 14.9 Å². The van der Waals surface area contributed by atoms with E-state index in [2.05, 4.69) is 11.9 Å². The molecule has 0 aromatic carbocycles. The van der Waals surface area contributed by atoms with Gasteiger partial charge in [0.05, 0.1) is 10.8 Å². The van der Waals surface area contributed by atoms with Gasteiger partial charge >= 0.3 is 0 Å². The first kappa shape index (κ1) is 8.87. The van der Waals surface area contributed by atoms with Gasteiger partial charge in [-0.05, 0) is 6.42 Å². The molecule has 0 amide bonds. The summed E-state index contributed by atoms with van der Waals surface area (Å²) in [5.74, 6) is 0.754. The van der Waals surface area contributed by atoms with Gasteiger partial charge in [-0.25, -0.2) is 4.98 Å². The van der Waals surface area contributed by atoms with Gasteiger partial charge in [-0.3, -0.25) is 4.21 Å². The van der Waals surface area contributed by atoms with Crippen molar-refractivity contribution in [1.29, 1.82) is 0 Å². The summed E-state index contributed by atoms with van der Waals surface area (Å²) in [5, 5.41) is 1.86. The Hall–Kier alpha value is -0.220. The van der Waals surface area contributed by atoms with Crippen LogP contribution < -0.4 is 0 Å². The first-order valence-electron chi connectivity index (χ1n) is 3.62. The number of thiazole rings is 1. The molecule has 1 atom stereocenters. The van der Waals surface area contributed by atoms with Crippen molar-refractivity contribution in [1.82, 2.24) is 4.98 Å². The second-order valence-corrected chi connectivity index (χ2v) is 4.84. The molecule has 4 heteroatoms. The highest BCUT2D eigenvalue weighted by molar-refractivity contribution is 7.87. The monoisotopic (exact) mass is 189 g/mol. The number of hydrogen-bond acceptors (Lipinski definition) is 3. The quantitative estimate of drug-likeness (QED) is 0.725. The maximum absolute atomic E-state index is 11.3. The average Bonchev–Trinajstić information content (AvgIpc) is 2.52. The van der Waals surface area contributed by atoms with Crippen LogP contribution in [0.2, 0.25) is 0 Å². The minimum atomic E-state index is -0.845. The van der Waals surface area contributed by atoms with Crippen LogP contribution in [0.25, 0.3) is 0 Å². The van der Waals surface area contributed by atoms with Crippen LogP contribution >= 0.6 is 11.3 Å². The van der Waals surface area contributed by atoms with Crippen molar-refractivity contribution in [3.8, 4) is 0 Å². The topological polar surface area (TPSA) is 30.0 Å². The second kappa shape index (κ2) is 4.62. The van der Waals surface area contributed by atoms with Gasteiger partial charge in [0.2, 0.25) is 0 Å². The van der Waals surface area contributed by atoms with Crippen LogP contribution in [0.1, 0.15) is 19.8 Å². The first-order valence-corrected chi connectivity index (χ1v) is 5.82. The Morgan fingerprint density at radius 3 is 3.09 bits per heavy atom. The third-order valence-electron chi connectivity index (χ3n) is 1.29. The number of hydrogen-bond donors (Lipinski definition) is 0. The Kier molecular flexibility index (Phi) is 3.72. The summed E-state index contributed by atoms with van der Waals surface area (Å²) in [6.07, 6.45) is 3.81. The zero-order valence-corrected chi connectivity index (χ0v) is 8.08. The van der Waals surface area contributed by atoms with Gasteiger partial charge in [-0.15, -0.1) is 11.3 Å². The highest BCUT2D eigenvalue weighted by atomic mass is 32.2. The van der Waals surface area contributed by atoms with Crippen molar-refractivity contribution in [2.24, 2.45) is 0 Å².